The SMILES string of the molecule is CN(C)SNC(=O)c1ccc(C(=O)O)cc1N1CCC(F)(F)C1. The molecule has 0 aliphatic carbocycles. The second kappa shape index (κ2) is 6.71. The van der Waals surface area contributed by atoms with Gasteiger partial charge < -0.3 is 10.0 Å². The zero-order chi connectivity index (χ0) is 17.2. The molecule has 2 rings (SSSR count). The van der Waals surface area contributed by atoms with Crippen LogP contribution in [0.15, 0.2) is 18.2 Å². The van der Waals surface area contributed by atoms with Gasteiger partial charge in [0, 0.05) is 25.1 Å². The molecular weight excluding hydrogens is 328 g/mol. The van der Waals surface area contributed by atoms with E-state index in [1.807, 2.05) is 0 Å². The quantitative estimate of drug-likeness (QED) is 0.796. The van der Waals surface area contributed by atoms with Gasteiger partial charge in [-0.1, -0.05) is 0 Å². The Morgan fingerprint density at radius 3 is 2.61 bits per heavy atom. The van der Waals surface area contributed by atoms with E-state index in [4.69, 9.17) is 5.11 Å². The van der Waals surface area contributed by atoms with Gasteiger partial charge in [-0.05, 0) is 32.3 Å². The third-order valence-electron chi connectivity index (χ3n) is 3.32. The lowest BCUT2D eigenvalue weighted by molar-refractivity contribution is 0.0257. The molecule has 0 saturated carbocycles. The van der Waals surface area contributed by atoms with E-state index in [9.17, 15) is 18.4 Å². The molecule has 1 aliphatic rings. The normalized spacial score (nSPS) is 16.7. The molecule has 1 aliphatic heterocycles. The van der Waals surface area contributed by atoms with Gasteiger partial charge in [0.25, 0.3) is 11.8 Å². The lowest BCUT2D eigenvalue weighted by Gasteiger charge is -2.22. The molecule has 1 aromatic carbocycles. The van der Waals surface area contributed by atoms with Crippen molar-refractivity contribution in [2.75, 3.05) is 32.1 Å². The average molecular weight is 345 g/mol. The van der Waals surface area contributed by atoms with Gasteiger partial charge in [0.05, 0.1) is 23.4 Å². The van der Waals surface area contributed by atoms with E-state index in [-0.39, 0.29) is 29.8 Å². The number of hydrogen-bond donors (Lipinski definition) is 2. The second-order valence-corrected chi connectivity index (χ2v) is 6.52. The number of nitrogens with one attached hydrogen (secondary N) is 1. The first-order chi connectivity index (χ1) is 10.7. The van der Waals surface area contributed by atoms with Crippen LogP contribution in [-0.4, -0.2) is 54.4 Å². The van der Waals surface area contributed by atoms with Crippen molar-refractivity contribution in [3.63, 3.8) is 0 Å². The molecule has 0 unspecified atom stereocenters. The second-order valence-electron chi connectivity index (χ2n) is 5.40. The Morgan fingerprint density at radius 1 is 1.39 bits per heavy atom. The standard InChI is InChI=1S/C14H17F2N3O3S/c1-18(2)23-17-12(20)10-4-3-9(13(21)22)7-11(10)19-6-5-14(15,16)8-19/h3-4,7H,5-6,8H2,1-2H3,(H,17,20)(H,21,22). The fourth-order valence-electron chi connectivity index (χ4n) is 2.25. The van der Waals surface area contributed by atoms with Gasteiger partial charge in [-0.25, -0.2) is 17.9 Å². The molecule has 23 heavy (non-hydrogen) atoms. The van der Waals surface area contributed by atoms with Crippen LogP contribution in [0.4, 0.5) is 14.5 Å². The molecule has 1 saturated heterocycles. The first-order valence-electron chi connectivity index (χ1n) is 6.84. The Balaban J connectivity index is 2.34. The molecule has 1 fully saturated rings. The highest BCUT2D eigenvalue weighted by Gasteiger charge is 2.39. The number of halogens is 2. The molecule has 0 bridgehead atoms. The third-order valence-corrected chi connectivity index (χ3v) is 3.96. The van der Waals surface area contributed by atoms with Crippen molar-refractivity contribution in [3.8, 4) is 0 Å². The summed E-state index contributed by atoms with van der Waals surface area (Å²) < 4.78 is 31.1. The van der Waals surface area contributed by atoms with Crippen molar-refractivity contribution >= 4 is 29.7 Å². The van der Waals surface area contributed by atoms with E-state index in [1.165, 1.54) is 23.1 Å². The number of hydrogen-bond acceptors (Lipinski definition) is 5. The predicted octanol–water partition coefficient (Wildman–Crippen LogP) is 2.08. The number of benzene rings is 1. The summed E-state index contributed by atoms with van der Waals surface area (Å²) in [6, 6.07) is 3.90. The number of nitrogens with zero attached hydrogens (tertiary/aromatic N) is 2. The number of anilines is 1. The van der Waals surface area contributed by atoms with Crippen molar-refractivity contribution < 1.29 is 23.5 Å². The number of amides is 1. The predicted molar refractivity (Wildman–Crippen MR) is 83.9 cm³/mol. The van der Waals surface area contributed by atoms with Gasteiger partial charge in [-0.15, -0.1) is 0 Å². The molecule has 1 amide bonds. The fourth-order valence-corrected chi connectivity index (χ4v) is 2.62. The van der Waals surface area contributed by atoms with E-state index in [0.717, 1.165) is 12.1 Å². The van der Waals surface area contributed by atoms with Gasteiger partial charge in [-0.3, -0.25) is 9.52 Å². The van der Waals surface area contributed by atoms with Gasteiger partial charge >= 0.3 is 5.97 Å². The average Bonchev–Trinajstić information content (AvgIpc) is 2.84. The summed E-state index contributed by atoms with van der Waals surface area (Å²) >= 11 is 1.05. The van der Waals surface area contributed by atoms with Crippen LogP contribution < -0.4 is 9.62 Å². The lowest BCUT2D eigenvalue weighted by Crippen LogP contribution is -2.29. The smallest absolute Gasteiger partial charge is 0.335 e. The van der Waals surface area contributed by atoms with E-state index in [0.29, 0.717) is 0 Å². The number of carboxylic acids is 1. The molecule has 126 valence electrons. The number of carbonyl (C=O) groups is 2. The molecule has 0 aromatic heterocycles. The Labute approximate surface area is 136 Å². The van der Waals surface area contributed by atoms with Crippen molar-refractivity contribution in [1.29, 1.82) is 0 Å². The summed E-state index contributed by atoms with van der Waals surface area (Å²) in [7, 11) is 3.47. The molecule has 0 radical (unpaired) electrons. The first-order valence-corrected chi connectivity index (χ1v) is 7.62. The van der Waals surface area contributed by atoms with Crippen LogP contribution in [0.25, 0.3) is 0 Å². The third kappa shape index (κ3) is 4.32. The van der Waals surface area contributed by atoms with E-state index in [2.05, 4.69) is 4.72 Å². The maximum Gasteiger partial charge on any atom is 0.335 e. The molecule has 9 heteroatoms. The number of carboxylic acid groups (broad SMARTS) is 1. The minimum absolute atomic E-state index is 0.0490. The molecule has 1 aromatic rings. The highest BCUT2D eigenvalue weighted by molar-refractivity contribution is 7.95. The topological polar surface area (TPSA) is 72.9 Å². The Kier molecular flexibility index (Phi) is 5.10. The van der Waals surface area contributed by atoms with Crippen LogP contribution in [-0.2, 0) is 0 Å². The van der Waals surface area contributed by atoms with Crippen LogP contribution in [0, 0.1) is 0 Å². The van der Waals surface area contributed by atoms with Crippen LogP contribution in [0.3, 0.4) is 0 Å². The number of aromatic carboxylic acids is 1. The van der Waals surface area contributed by atoms with Crippen molar-refractivity contribution in [1.82, 2.24) is 9.03 Å². The summed E-state index contributed by atoms with van der Waals surface area (Å²) in [4.78, 5) is 24.7. The maximum absolute atomic E-state index is 13.5. The highest BCUT2D eigenvalue weighted by Crippen LogP contribution is 2.33. The highest BCUT2D eigenvalue weighted by atomic mass is 32.2. The molecule has 0 spiro atoms. The van der Waals surface area contributed by atoms with Crippen molar-refractivity contribution in [2.45, 2.75) is 12.3 Å². The van der Waals surface area contributed by atoms with Crippen LogP contribution in [0.5, 0.6) is 0 Å². The van der Waals surface area contributed by atoms with Crippen LogP contribution >= 0.6 is 12.1 Å². The van der Waals surface area contributed by atoms with E-state index >= 15 is 0 Å². The van der Waals surface area contributed by atoms with Crippen LogP contribution in [0.2, 0.25) is 0 Å². The fraction of sp³-hybridized carbons (Fsp3) is 0.429. The summed E-state index contributed by atoms with van der Waals surface area (Å²) in [5, 5.41) is 9.08. The molecule has 0 atom stereocenters. The monoisotopic (exact) mass is 345 g/mol. The molecule has 1 heterocycles. The van der Waals surface area contributed by atoms with E-state index < -0.39 is 24.3 Å². The minimum Gasteiger partial charge on any atom is -0.478 e. The Morgan fingerprint density at radius 2 is 2.09 bits per heavy atom. The Bertz CT molecular complexity index is 625. The largest absolute Gasteiger partial charge is 0.478 e. The first kappa shape index (κ1) is 17.5. The molecular formula is C14H17F2N3O3S. The number of rotatable bonds is 5. The van der Waals surface area contributed by atoms with E-state index in [1.54, 1.807) is 18.4 Å². The van der Waals surface area contributed by atoms with Gasteiger partial charge in [0.2, 0.25) is 0 Å². The van der Waals surface area contributed by atoms with Gasteiger partial charge in [0.1, 0.15) is 0 Å². The summed E-state index contributed by atoms with van der Waals surface area (Å²) in [5.41, 5.74) is 0.327. The number of carbonyl (C=O) groups excluding carboxylic acids is 1. The van der Waals surface area contributed by atoms with Gasteiger partial charge in [0.15, 0.2) is 0 Å². The van der Waals surface area contributed by atoms with Crippen molar-refractivity contribution in [3.05, 3.63) is 29.3 Å². The zero-order valence-electron chi connectivity index (χ0n) is 12.7. The lowest BCUT2D eigenvalue weighted by atomic mass is 10.1. The zero-order valence-corrected chi connectivity index (χ0v) is 13.5. The summed E-state index contributed by atoms with van der Waals surface area (Å²) in [5.74, 6) is -4.48. The maximum atomic E-state index is 13.5. The number of alkyl halides is 2. The minimum atomic E-state index is -2.84. The van der Waals surface area contributed by atoms with Gasteiger partial charge in [-0.2, -0.15) is 0 Å². The molecule has 2 N–H and O–H groups in total. The van der Waals surface area contributed by atoms with Crippen molar-refractivity contribution in [2.24, 2.45) is 0 Å². The summed E-state index contributed by atoms with van der Waals surface area (Å²) in [6.45, 7) is -0.464. The summed E-state index contributed by atoms with van der Waals surface area (Å²) in [6.07, 6.45) is -0.322. The molecule has 6 nitrogen and oxygen atoms in total. The van der Waals surface area contributed by atoms with Crippen LogP contribution in [0.1, 0.15) is 27.1 Å². The Hall–Kier alpha value is -1.87.